The lowest BCUT2D eigenvalue weighted by Crippen LogP contribution is -2.03. The van der Waals surface area contributed by atoms with Crippen LogP contribution >= 0.6 is 34.2 Å². The maximum absolute atomic E-state index is 11.4. The molecular formula is C10H10ClIO2. The number of rotatable bonds is 3. The number of carbonyl (C=O) groups excluding carboxylic acids is 1. The Morgan fingerprint density at radius 1 is 1.57 bits per heavy atom. The van der Waals surface area contributed by atoms with Gasteiger partial charge in [-0.25, -0.2) is 0 Å². The molecule has 0 amide bonds. The average molecular weight is 325 g/mol. The van der Waals surface area contributed by atoms with Crippen molar-refractivity contribution in [2.24, 2.45) is 0 Å². The predicted octanol–water partition coefficient (Wildman–Crippen LogP) is 3.55. The first kappa shape index (κ1) is 11.8. The zero-order chi connectivity index (χ0) is 10.7. The van der Waals surface area contributed by atoms with E-state index in [0.717, 1.165) is 3.57 Å². The van der Waals surface area contributed by atoms with Crippen LogP contribution in [0.1, 0.15) is 24.2 Å². The van der Waals surface area contributed by atoms with E-state index in [1.54, 1.807) is 6.07 Å². The summed E-state index contributed by atoms with van der Waals surface area (Å²) >= 11 is 8.04. The molecule has 14 heavy (non-hydrogen) atoms. The zero-order valence-corrected chi connectivity index (χ0v) is 10.8. The van der Waals surface area contributed by atoms with Gasteiger partial charge in [0, 0.05) is 3.57 Å². The molecule has 0 saturated carbocycles. The van der Waals surface area contributed by atoms with E-state index in [-0.39, 0.29) is 5.78 Å². The van der Waals surface area contributed by atoms with Crippen LogP contribution in [0.3, 0.4) is 0 Å². The summed E-state index contributed by atoms with van der Waals surface area (Å²) in [5, 5.41) is 0.484. The van der Waals surface area contributed by atoms with Gasteiger partial charge in [0.2, 0.25) is 0 Å². The van der Waals surface area contributed by atoms with Crippen molar-refractivity contribution >= 4 is 40.0 Å². The first-order valence-electron chi connectivity index (χ1n) is 4.19. The zero-order valence-electron chi connectivity index (χ0n) is 7.93. The Morgan fingerprint density at radius 2 is 2.21 bits per heavy atom. The minimum atomic E-state index is -0.0275. The number of ketones is 1. The fraction of sp³-hybridized carbons (Fsp3) is 0.300. The molecule has 2 nitrogen and oxygen atoms in total. The third-order valence-corrected chi connectivity index (χ3v) is 2.90. The molecule has 1 rings (SSSR count). The second-order valence-corrected chi connectivity index (χ2v) is 4.29. The SMILES string of the molecule is CCOc1c(Cl)ccc(I)c1C(C)=O. The van der Waals surface area contributed by atoms with Crippen LogP contribution in [0.2, 0.25) is 5.02 Å². The van der Waals surface area contributed by atoms with E-state index in [4.69, 9.17) is 16.3 Å². The normalized spacial score (nSPS) is 10.0. The molecule has 0 saturated heterocycles. The van der Waals surface area contributed by atoms with E-state index < -0.39 is 0 Å². The topological polar surface area (TPSA) is 26.3 Å². The van der Waals surface area contributed by atoms with E-state index >= 15 is 0 Å². The summed E-state index contributed by atoms with van der Waals surface area (Å²) in [6.07, 6.45) is 0. The van der Waals surface area contributed by atoms with Crippen molar-refractivity contribution in [3.8, 4) is 5.75 Å². The van der Waals surface area contributed by atoms with Gasteiger partial charge in [-0.15, -0.1) is 0 Å². The van der Waals surface area contributed by atoms with Gasteiger partial charge in [-0.2, -0.15) is 0 Å². The molecule has 0 aliphatic carbocycles. The Bertz CT molecular complexity index is 363. The minimum absolute atomic E-state index is 0.0275. The molecule has 0 N–H and O–H groups in total. The van der Waals surface area contributed by atoms with Gasteiger partial charge in [0.25, 0.3) is 0 Å². The molecule has 0 aliphatic rings. The molecule has 1 aromatic rings. The third kappa shape index (κ3) is 2.39. The van der Waals surface area contributed by atoms with E-state index in [2.05, 4.69) is 22.6 Å². The number of carbonyl (C=O) groups is 1. The smallest absolute Gasteiger partial charge is 0.164 e. The van der Waals surface area contributed by atoms with Gasteiger partial charge in [-0.05, 0) is 48.6 Å². The second-order valence-electron chi connectivity index (χ2n) is 2.72. The first-order chi connectivity index (χ1) is 6.57. The van der Waals surface area contributed by atoms with Crippen LogP contribution in [0.15, 0.2) is 12.1 Å². The van der Waals surface area contributed by atoms with E-state index in [1.165, 1.54) is 6.92 Å². The Kier molecular flexibility index (Phi) is 4.19. The summed E-state index contributed by atoms with van der Waals surface area (Å²) in [7, 11) is 0. The highest BCUT2D eigenvalue weighted by molar-refractivity contribution is 14.1. The Balaban J connectivity index is 3.33. The highest BCUT2D eigenvalue weighted by atomic mass is 127. The molecule has 0 aromatic heterocycles. The number of Topliss-reactive ketones (excluding diaryl/α,β-unsaturated/α-hetero) is 1. The van der Waals surface area contributed by atoms with Gasteiger partial charge in [0.15, 0.2) is 5.78 Å². The number of benzene rings is 1. The molecule has 0 fully saturated rings. The Labute approximate surface area is 102 Å². The summed E-state index contributed by atoms with van der Waals surface area (Å²) in [6.45, 7) is 3.87. The van der Waals surface area contributed by atoms with Crippen molar-refractivity contribution in [2.45, 2.75) is 13.8 Å². The van der Waals surface area contributed by atoms with Gasteiger partial charge in [-0.1, -0.05) is 11.6 Å². The van der Waals surface area contributed by atoms with E-state index in [1.807, 2.05) is 13.0 Å². The summed E-state index contributed by atoms with van der Waals surface area (Å²) in [4.78, 5) is 11.4. The minimum Gasteiger partial charge on any atom is -0.492 e. The number of ether oxygens (including phenoxy) is 1. The lowest BCUT2D eigenvalue weighted by atomic mass is 10.1. The summed E-state index contributed by atoms with van der Waals surface area (Å²) in [6, 6.07) is 3.54. The van der Waals surface area contributed by atoms with Crippen LogP contribution in [0, 0.1) is 3.57 Å². The lowest BCUT2D eigenvalue weighted by Gasteiger charge is -2.11. The summed E-state index contributed by atoms with van der Waals surface area (Å²) in [5.74, 6) is 0.467. The number of hydrogen-bond acceptors (Lipinski definition) is 2. The van der Waals surface area contributed by atoms with Gasteiger partial charge >= 0.3 is 0 Å². The Hall–Kier alpha value is -0.290. The maximum Gasteiger partial charge on any atom is 0.164 e. The first-order valence-corrected chi connectivity index (χ1v) is 5.65. The van der Waals surface area contributed by atoms with Crippen molar-refractivity contribution in [2.75, 3.05) is 6.61 Å². The van der Waals surface area contributed by atoms with Crippen molar-refractivity contribution in [3.63, 3.8) is 0 Å². The van der Waals surface area contributed by atoms with Crippen LogP contribution in [0.4, 0.5) is 0 Å². The molecular weight excluding hydrogens is 314 g/mol. The van der Waals surface area contributed by atoms with E-state index in [0.29, 0.717) is 22.9 Å². The quantitative estimate of drug-likeness (QED) is 0.628. The third-order valence-electron chi connectivity index (χ3n) is 1.70. The van der Waals surface area contributed by atoms with Crippen molar-refractivity contribution in [1.29, 1.82) is 0 Å². The summed E-state index contributed by atoms with van der Waals surface area (Å²) < 4.78 is 6.22. The van der Waals surface area contributed by atoms with Crippen molar-refractivity contribution in [3.05, 3.63) is 26.3 Å². The molecule has 1 aromatic carbocycles. The van der Waals surface area contributed by atoms with Gasteiger partial charge in [-0.3, -0.25) is 4.79 Å². The molecule has 0 bridgehead atoms. The molecule has 76 valence electrons. The second kappa shape index (κ2) is 4.98. The van der Waals surface area contributed by atoms with Crippen LogP contribution in [-0.2, 0) is 0 Å². The van der Waals surface area contributed by atoms with Gasteiger partial charge in [0.05, 0.1) is 17.2 Å². The maximum atomic E-state index is 11.4. The monoisotopic (exact) mass is 324 g/mol. The average Bonchev–Trinajstić information content (AvgIpc) is 2.11. The predicted molar refractivity (Wildman–Crippen MR) is 65.3 cm³/mol. The molecule has 0 aliphatic heterocycles. The van der Waals surface area contributed by atoms with Crippen LogP contribution in [0.5, 0.6) is 5.75 Å². The highest BCUT2D eigenvalue weighted by Gasteiger charge is 2.15. The number of hydrogen-bond donors (Lipinski definition) is 0. The van der Waals surface area contributed by atoms with Crippen LogP contribution in [0.25, 0.3) is 0 Å². The largest absolute Gasteiger partial charge is 0.492 e. The van der Waals surface area contributed by atoms with Gasteiger partial charge < -0.3 is 4.74 Å². The molecule has 0 atom stereocenters. The lowest BCUT2D eigenvalue weighted by molar-refractivity contribution is 0.101. The molecule has 0 spiro atoms. The van der Waals surface area contributed by atoms with Crippen LogP contribution < -0.4 is 4.74 Å². The standard InChI is InChI=1S/C10H10ClIO2/c1-3-14-10-7(11)4-5-8(12)9(10)6(2)13/h4-5H,3H2,1-2H3. The highest BCUT2D eigenvalue weighted by Crippen LogP contribution is 2.32. The van der Waals surface area contributed by atoms with Gasteiger partial charge in [0.1, 0.15) is 5.75 Å². The summed E-state index contributed by atoms with van der Waals surface area (Å²) in [5.41, 5.74) is 0.569. The van der Waals surface area contributed by atoms with Crippen molar-refractivity contribution in [1.82, 2.24) is 0 Å². The Morgan fingerprint density at radius 3 is 2.71 bits per heavy atom. The molecule has 0 unspecified atom stereocenters. The molecule has 0 heterocycles. The molecule has 0 radical (unpaired) electrons. The van der Waals surface area contributed by atoms with Crippen molar-refractivity contribution < 1.29 is 9.53 Å². The fourth-order valence-electron chi connectivity index (χ4n) is 1.15. The fourth-order valence-corrected chi connectivity index (χ4v) is 2.16. The molecule has 4 heteroatoms. The number of halogens is 2. The van der Waals surface area contributed by atoms with E-state index in [9.17, 15) is 4.79 Å². The van der Waals surface area contributed by atoms with Crippen LogP contribution in [-0.4, -0.2) is 12.4 Å².